The van der Waals surface area contributed by atoms with Crippen LogP contribution >= 0.6 is 0 Å². The summed E-state index contributed by atoms with van der Waals surface area (Å²) in [4.78, 5) is 21.1. The third kappa shape index (κ3) is 3.04. The molecule has 21 heavy (non-hydrogen) atoms. The lowest BCUT2D eigenvalue weighted by Gasteiger charge is -2.27. The van der Waals surface area contributed by atoms with Gasteiger partial charge in [0.1, 0.15) is 0 Å². The van der Waals surface area contributed by atoms with Crippen LogP contribution in [0.3, 0.4) is 0 Å². The molecule has 1 saturated carbocycles. The third-order valence-corrected chi connectivity index (χ3v) is 4.40. The molecule has 2 aromatic rings. The van der Waals surface area contributed by atoms with Crippen molar-refractivity contribution in [2.45, 2.75) is 45.6 Å². The molecule has 2 heterocycles. The average Bonchev–Trinajstić information content (AvgIpc) is 2.49. The maximum Gasteiger partial charge on any atom is 0.253 e. The summed E-state index contributed by atoms with van der Waals surface area (Å²) in [6.45, 7) is 4.17. The first-order valence-corrected chi connectivity index (χ1v) is 7.65. The maximum atomic E-state index is 12.5. The number of fused-ring (bicyclic) bond motifs is 1. The molecule has 110 valence electrons. The highest BCUT2D eigenvalue weighted by molar-refractivity contribution is 5.98. The van der Waals surface area contributed by atoms with E-state index in [4.69, 9.17) is 0 Å². The van der Waals surface area contributed by atoms with Gasteiger partial charge in [-0.15, -0.1) is 0 Å². The number of rotatable bonds is 2. The number of hydrogen-bond donors (Lipinski definition) is 1. The number of amides is 1. The van der Waals surface area contributed by atoms with E-state index >= 15 is 0 Å². The Morgan fingerprint density at radius 2 is 2.05 bits per heavy atom. The fourth-order valence-electron chi connectivity index (χ4n) is 3.01. The molecule has 0 bridgehead atoms. The minimum absolute atomic E-state index is 0.00898. The Labute approximate surface area is 125 Å². The molecular formula is C17H21N3O. The summed E-state index contributed by atoms with van der Waals surface area (Å²) in [5, 5.41) is 4.07. The van der Waals surface area contributed by atoms with Crippen molar-refractivity contribution in [3.63, 3.8) is 0 Å². The van der Waals surface area contributed by atoms with Crippen molar-refractivity contribution in [3.05, 3.63) is 35.8 Å². The number of aryl methyl sites for hydroxylation is 1. The molecule has 0 saturated heterocycles. The Hall–Kier alpha value is -1.97. The summed E-state index contributed by atoms with van der Waals surface area (Å²) in [5.74, 6) is 0.776. The van der Waals surface area contributed by atoms with Crippen molar-refractivity contribution in [2.75, 3.05) is 0 Å². The van der Waals surface area contributed by atoms with Crippen molar-refractivity contribution >= 4 is 16.8 Å². The van der Waals surface area contributed by atoms with Gasteiger partial charge in [-0.05, 0) is 50.7 Å². The van der Waals surface area contributed by atoms with Gasteiger partial charge in [0.15, 0.2) is 0 Å². The van der Waals surface area contributed by atoms with Crippen molar-refractivity contribution in [2.24, 2.45) is 5.92 Å². The van der Waals surface area contributed by atoms with Crippen molar-refractivity contribution < 1.29 is 4.79 Å². The molecule has 2 aromatic heterocycles. The maximum absolute atomic E-state index is 12.5. The van der Waals surface area contributed by atoms with Crippen molar-refractivity contribution in [3.8, 4) is 0 Å². The van der Waals surface area contributed by atoms with Crippen LogP contribution in [0.1, 0.15) is 48.7 Å². The summed E-state index contributed by atoms with van der Waals surface area (Å²) in [6.07, 6.45) is 8.02. The molecular weight excluding hydrogens is 262 g/mol. The zero-order chi connectivity index (χ0) is 14.8. The second-order valence-electron chi connectivity index (χ2n) is 6.12. The molecule has 1 aliphatic rings. The summed E-state index contributed by atoms with van der Waals surface area (Å²) >= 11 is 0. The van der Waals surface area contributed by atoms with Gasteiger partial charge in [0.25, 0.3) is 5.91 Å². The molecule has 0 atom stereocenters. The highest BCUT2D eigenvalue weighted by Crippen LogP contribution is 2.24. The normalized spacial score (nSPS) is 22.2. The van der Waals surface area contributed by atoms with Crippen LogP contribution < -0.4 is 5.32 Å². The van der Waals surface area contributed by atoms with Crippen LogP contribution in [0.15, 0.2) is 24.5 Å². The quantitative estimate of drug-likeness (QED) is 0.920. The first-order chi connectivity index (χ1) is 10.1. The summed E-state index contributed by atoms with van der Waals surface area (Å²) < 4.78 is 0. The van der Waals surface area contributed by atoms with Crippen LogP contribution in [0.25, 0.3) is 10.9 Å². The van der Waals surface area contributed by atoms with Crippen molar-refractivity contribution in [1.29, 1.82) is 0 Å². The van der Waals surface area contributed by atoms with Gasteiger partial charge in [0.05, 0.1) is 16.8 Å². The van der Waals surface area contributed by atoms with E-state index in [9.17, 15) is 4.79 Å². The van der Waals surface area contributed by atoms with Crippen LogP contribution in [0, 0.1) is 12.8 Å². The van der Waals surface area contributed by atoms with Crippen LogP contribution in [-0.2, 0) is 0 Å². The van der Waals surface area contributed by atoms with Gasteiger partial charge in [0.2, 0.25) is 0 Å². The van der Waals surface area contributed by atoms with Gasteiger partial charge in [-0.2, -0.15) is 0 Å². The molecule has 4 nitrogen and oxygen atoms in total. The SMILES string of the molecule is Cc1nc2ccncc2cc1C(=O)NC1CCC(C)CC1. The Kier molecular flexibility index (Phi) is 3.86. The number of nitrogens with one attached hydrogen (secondary N) is 1. The molecule has 1 fully saturated rings. The molecule has 0 spiro atoms. The van der Waals surface area contributed by atoms with Gasteiger partial charge < -0.3 is 5.32 Å². The number of nitrogens with zero attached hydrogens (tertiary/aromatic N) is 2. The van der Waals surface area contributed by atoms with E-state index in [2.05, 4.69) is 22.2 Å². The van der Waals surface area contributed by atoms with Crippen LogP contribution in [0.5, 0.6) is 0 Å². The first kappa shape index (κ1) is 14.0. The summed E-state index contributed by atoms with van der Waals surface area (Å²) in [5.41, 5.74) is 2.31. The lowest BCUT2D eigenvalue weighted by molar-refractivity contribution is 0.0922. The van der Waals surface area contributed by atoms with Crippen LogP contribution in [0.2, 0.25) is 0 Å². The average molecular weight is 283 g/mol. The number of hydrogen-bond acceptors (Lipinski definition) is 3. The minimum Gasteiger partial charge on any atom is -0.349 e. The Morgan fingerprint density at radius 1 is 1.29 bits per heavy atom. The molecule has 0 radical (unpaired) electrons. The zero-order valence-electron chi connectivity index (χ0n) is 12.6. The van der Waals surface area contributed by atoms with E-state index in [1.54, 1.807) is 12.4 Å². The molecule has 4 heteroatoms. The fourth-order valence-corrected chi connectivity index (χ4v) is 3.01. The number of carbonyl (C=O) groups is 1. The Morgan fingerprint density at radius 3 is 2.81 bits per heavy atom. The van der Waals surface area contributed by atoms with E-state index in [1.165, 1.54) is 12.8 Å². The zero-order valence-corrected chi connectivity index (χ0v) is 12.6. The summed E-state index contributed by atoms with van der Waals surface area (Å²) in [6, 6.07) is 4.07. The molecule has 0 aliphatic heterocycles. The van der Waals surface area contributed by atoms with E-state index in [0.29, 0.717) is 11.6 Å². The Bertz CT molecular complexity index is 660. The van der Waals surface area contributed by atoms with E-state index in [-0.39, 0.29) is 5.91 Å². The fraction of sp³-hybridized carbons (Fsp3) is 0.471. The third-order valence-electron chi connectivity index (χ3n) is 4.40. The largest absolute Gasteiger partial charge is 0.349 e. The molecule has 1 aliphatic carbocycles. The molecule has 1 amide bonds. The standard InChI is InChI=1S/C17H21N3O/c1-11-3-5-14(6-4-11)20-17(21)15-9-13-10-18-8-7-16(13)19-12(15)2/h7-11,14H,3-6H2,1-2H3,(H,20,21). The van der Waals surface area contributed by atoms with Gasteiger partial charge in [0, 0.05) is 23.8 Å². The number of pyridine rings is 2. The van der Waals surface area contributed by atoms with Gasteiger partial charge in [-0.1, -0.05) is 6.92 Å². The van der Waals surface area contributed by atoms with Gasteiger partial charge in [-0.25, -0.2) is 0 Å². The van der Waals surface area contributed by atoms with Crippen molar-refractivity contribution in [1.82, 2.24) is 15.3 Å². The molecule has 1 N–H and O–H groups in total. The summed E-state index contributed by atoms with van der Waals surface area (Å²) in [7, 11) is 0. The van der Waals surface area contributed by atoms with Crippen LogP contribution in [0.4, 0.5) is 0 Å². The predicted molar refractivity (Wildman–Crippen MR) is 83.2 cm³/mol. The predicted octanol–water partition coefficient (Wildman–Crippen LogP) is 3.25. The number of aromatic nitrogens is 2. The smallest absolute Gasteiger partial charge is 0.253 e. The second kappa shape index (κ2) is 5.80. The molecule has 0 aromatic carbocycles. The molecule has 0 unspecified atom stereocenters. The van der Waals surface area contributed by atoms with E-state index in [0.717, 1.165) is 35.4 Å². The topological polar surface area (TPSA) is 54.9 Å². The monoisotopic (exact) mass is 283 g/mol. The van der Waals surface area contributed by atoms with Gasteiger partial charge >= 0.3 is 0 Å². The van der Waals surface area contributed by atoms with E-state index < -0.39 is 0 Å². The Balaban J connectivity index is 1.79. The highest BCUT2D eigenvalue weighted by atomic mass is 16.1. The van der Waals surface area contributed by atoms with Crippen LogP contribution in [-0.4, -0.2) is 21.9 Å². The van der Waals surface area contributed by atoms with E-state index in [1.807, 2.05) is 19.1 Å². The lowest BCUT2D eigenvalue weighted by atomic mass is 9.87. The second-order valence-corrected chi connectivity index (χ2v) is 6.12. The first-order valence-electron chi connectivity index (χ1n) is 7.65. The minimum atomic E-state index is -0.00898. The number of carbonyl (C=O) groups excluding carboxylic acids is 1. The van der Waals surface area contributed by atoms with Gasteiger partial charge in [-0.3, -0.25) is 14.8 Å². The lowest BCUT2D eigenvalue weighted by Crippen LogP contribution is -2.37. The highest BCUT2D eigenvalue weighted by Gasteiger charge is 2.21. The molecule has 3 rings (SSSR count).